The van der Waals surface area contributed by atoms with Crippen LogP contribution in [-0.2, 0) is 27.8 Å². The standard InChI is InChI=1S/C4H8O10P2/c5-3(13-15(7,8)9)1-2-4(6)14-16(10,11)12/h1-2H2,(H2,7,8,9)(H2,10,11,12). The van der Waals surface area contributed by atoms with Crippen LogP contribution in [0.3, 0.4) is 0 Å². The van der Waals surface area contributed by atoms with Gasteiger partial charge in [-0.25, -0.2) is 9.13 Å². The van der Waals surface area contributed by atoms with E-state index < -0.39 is 40.4 Å². The van der Waals surface area contributed by atoms with Gasteiger partial charge in [0.2, 0.25) is 0 Å². The van der Waals surface area contributed by atoms with Crippen LogP contribution >= 0.6 is 15.6 Å². The van der Waals surface area contributed by atoms with Gasteiger partial charge in [-0.2, -0.15) is 0 Å². The topological polar surface area (TPSA) is 168 Å². The van der Waals surface area contributed by atoms with Gasteiger partial charge in [-0.05, 0) is 0 Å². The molecule has 4 N–H and O–H groups in total. The number of phosphoric acid groups is 2. The molecule has 0 aromatic heterocycles. The fourth-order valence-electron chi connectivity index (χ4n) is 0.561. The molecule has 0 fully saturated rings. The molecule has 0 heterocycles. The van der Waals surface area contributed by atoms with Crippen molar-refractivity contribution in [3.05, 3.63) is 0 Å². The summed E-state index contributed by atoms with van der Waals surface area (Å²) in [5.41, 5.74) is 0. The highest BCUT2D eigenvalue weighted by molar-refractivity contribution is 7.47. The number of hydrogen-bond acceptors (Lipinski definition) is 6. The Morgan fingerprint density at radius 1 is 0.812 bits per heavy atom. The van der Waals surface area contributed by atoms with Crippen molar-refractivity contribution in [2.24, 2.45) is 0 Å². The summed E-state index contributed by atoms with van der Waals surface area (Å²) >= 11 is 0. The monoisotopic (exact) mass is 278 g/mol. The second-order valence-electron chi connectivity index (χ2n) is 2.41. The average molecular weight is 278 g/mol. The van der Waals surface area contributed by atoms with Gasteiger partial charge in [-0.3, -0.25) is 29.2 Å². The number of phosphoric ester groups is 2. The van der Waals surface area contributed by atoms with Gasteiger partial charge in [0.25, 0.3) is 0 Å². The second-order valence-corrected chi connectivity index (χ2v) is 4.74. The fraction of sp³-hybridized carbons (Fsp3) is 0.500. The Morgan fingerprint density at radius 3 is 1.25 bits per heavy atom. The van der Waals surface area contributed by atoms with Gasteiger partial charge in [0, 0.05) is 0 Å². The molecule has 0 amide bonds. The predicted octanol–water partition coefficient (Wildman–Crippen LogP) is -0.962. The molecule has 0 aromatic rings. The van der Waals surface area contributed by atoms with Crippen molar-refractivity contribution in [3.8, 4) is 0 Å². The Balaban J connectivity index is 3.99. The minimum atomic E-state index is -4.98. The number of hydrogen-bond donors (Lipinski definition) is 4. The second kappa shape index (κ2) is 5.53. The van der Waals surface area contributed by atoms with Crippen LogP contribution in [0.5, 0.6) is 0 Å². The van der Waals surface area contributed by atoms with Crippen molar-refractivity contribution in [1.29, 1.82) is 0 Å². The van der Waals surface area contributed by atoms with Crippen LogP contribution in [0.15, 0.2) is 0 Å². The molecule has 0 aliphatic rings. The number of rotatable bonds is 5. The van der Waals surface area contributed by atoms with Crippen LogP contribution in [-0.4, -0.2) is 31.5 Å². The summed E-state index contributed by atoms with van der Waals surface area (Å²) in [5.74, 6) is -2.79. The molecule has 0 atom stereocenters. The summed E-state index contributed by atoms with van der Waals surface area (Å²) in [6, 6.07) is 0. The van der Waals surface area contributed by atoms with Crippen molar-refractivity contribution in [2.75, 3.05) is 0 Å². The summed E-state index contributed by atoms with van der Waals surface area (Å²) in [7, 11) is -9.96. The van der Waals surface area contributed by atoms with E-state index >= 15 is 0 Å². The third-order valence-electron chi connectivity index (χ3n) is 0.975. The van der Waals surface area contributed by atoms with E-state index in [1.54, 1.807) is 0 Å². The highest BCUT2D eigenvalue weighted by atomic mass is 31.2. The highest BCUT2D eigenvalue weighted by Gasteiger charge is 2.24. The first-order valence-corrected chi connectivity index (χ1v) is 6.61. The molecular weight excluding hydrogens is 270 g/mol. The third kappa shape index (κ3) is 9.78. The lowest BCUT2D eigenvalue weighted by molar-refractivity contribution is -0.142. The van der Waals surface area contributed by atoms with E-state index in [-0.39, 0.29) is 0 Å². The van der Waals surface area contributed by atoms with E-state index in [9.17, 15) is 18.7 Å². The Kier molecular flexibility index (Phi) is 5.27. The lowest BCUT2D eigenvalue weighted by Crippen LogP contribution is -2.08. The van der Waals surface area contributed by atoms with Crippen LogP contribution in [0.1, 0.15) is 12.8 Å². The maximum Gasteiger partial charge on any atom is 0.526 e. The highest BCUT2D eigenvalue weighted by Crippen LogP contribution is 2.37. The number of carbonyl (C=O) groups is 2. The first-order valence-electron chi connectivity index (χ1n) is 3.55. The molecule has 0 saturated heterocycles. The zero-order valence-corrected chi connectivity index (χ0v) is 9.34. The van der Waals surface area contributed by atoms with E-state index in [1.165, 1.54) is 0 Å². The van der Waals surface area contributed by atoms with E-state index in [1.807, 2.05) is 0 Å². The summed E-state index contributed by atoms with van der Waals surface area (Å²) in [6.45, 7) is 0. The summed E-state index contributed by atoms with van der Waals surface area (Å²) < 4.78 is 27.3. The molecule has 0 radical (unpaired) electrons. The van der Waals surface area contributed by atoms with Crippen molar-refractivity contribution in [2.45, 2.75) is 12.8 Å². The van der Waals surface area contributed by atoms with Crippen LogP contribution < -0.4 is 0 Å². The average Bonchev–Trinajstić information content (AvgIpc) is 1.94. The first-order chi connectivity index (χ1) is 6.99. The normalized spacial score (nSPS) is 12.0. The molecule has 0 aromatic carbocycles. The van der Waals surface area contributed by atoms with Gasteiger partial charge < -0.3 is 9.05 Å². The predicted molar refractivity (Wildman–Crippen MR) is 45.5 cm³/mol. The fourth-order valence-corrected chi connectivity index (χ4v) is 1.27. The van der Waals surface area contributed by atoms with Gasteiger partial charge in [-0.1, -0.05) is 0 Å². The van der Waals surface area contributed by atoms with E-state index in [0.29, 0.717) is 0 Å². The Bertz CT molecular complexity index is 325. The molecule has 0 rings (SSSR count). The molecule has 0 unspecified atom stereocenters. The molecule has 0 bridgehead atoms. The molecule has 0 spiro atoms. The van der Waals surface area contributed by atoms with Crippen LogP contribution in [0.25, 0.3) is 0 Å². The van der Waals surface area contributed by atoms with Crippen molar-refractivity contribution in [1.82, 2.24) is 0 Å². The van der Waals surface area contributed by atoms with E-state index in [0.717, 1.165) is 0 Å². The van der Waals surface area contributed by atoms with Gasteiger partial charge in [-0.15, -0.1) is 0 Å². The van der Waals surface area contributed by atoms with Gasteiger partial charge in [0.05, 0.1) is 12.8 Å². The minimum absolute atomic E-state index is 0.774. The maximum absolute atomic E-state index is 10.6. The zero-order valence-electron chi connectivity index (χ0n) is 7.55. The summed E-state index contributed by atoms with van der Waals surface area (Å²) in [5, 5.41) is 0. The summed E-state index contributed by atoms with van der Waals surface area (Å²) in [6.07, 6.45) is -1.55. The SMILES string of the molecule is O=C(CCC(=O)OP(=O)(O)O)OP(=O)(O)O. The van der Waals surface area contributed by atoms with Crippen LogP contribution in [0, 0.1) is 0 Å². The van der Waals surface area contributed by atoms with Crippen molar-refractivity contribution in [3.63, 3.8) is 0 Å². The Morgan fingerprint density at radius 2 is 1.06 bits per heavy atom. The van der Waals surface area contributed by atoms with Gasteiger partial charge >= 0.3 is 27.6 Å². The van der Waals surface area contributed by atoms with E-state index in [4.69, 9.17) is 19.6 Å². The molecule has 12 heteroatoms. The lowest BCUT2D eigenvalue weighted by atomic mass is 10.3. The third-order valence-corrected chi connectivity index (χ3v) is 1.86. The largest absolute Gasteiger partial charge is 0.526 e. The molecule has 16 heavy (non-hydrogen) atoms. The van der Waals surface area contributed by atoms with Crippen molar-refractivity contribution < 1.29 is 47.3 Å². The van der Waals surface area contributed by atoms with Crippen molar-refractivity contribution >= 4 is 27.6 Å². The molecule has 0 saturated carbocycles. The van der Waals surface area contributed by atoms with Gasteiger partial charge in [0.15, 0.2) is 0 Å². The maximum atomic E-state index is 10.6. The first kappa shape index (κ1) is 15.2. The zero-order chi connectivity index (χ0) is 13.0. The Hall–Kier alpha value is -0.760. The molecule has 0 aliphatic carbocycles. The number of carbonyl (C=O) groups excluding carboxylic acids is 2. The van der Waals surface area contributed by atoms with Crippen LogP contribution in [0.2, 0.25) is 0 Å². The molecule has 10 nitrogen and oxygen atoms in total. The summed E-state index contributed by atoms with van der Waals surface area (Å²) in [4.78, 5) is 53.9. The van der Waals surface area contributed by atoms with E-state index in [2.05, 4.69) is 9.05 Å². The molecule has 0 aliphatic heterocycles. The minimum Gasteiger partial charge on any atom is -0.371 e. The van der Waals surface area contributed by atoms with Crippen LogP contribution in [0.4, 0.5) is 0 Å². The smallest absolute Gasteiger partial charge is 0.371 e. The lowest BCUT2D eigenvalue weighted by Gasteiger charge is -2.06. The quantitative estimate of drug-likeness (QED) is 0.459. The Labute approximate surface area is 88.7 Å². The molecular formula is C4H8O10P2. The van der Waals surface area contributed by atoms with Gasteiger partial charge in [0.1, 0.15) is 0 Å². The molecule has 94 valence electrons.